The van der Waals surface area contributed by atoms with Crippen molar-refractivity contribution in [2.45, 2.75) is 19.3 Å². The minimum Gasteiger partial charge on any atom is -0.344 e. The van der Waals surface area contributed by atoms with Gasteiger partial charge in [0.1, 0.15) is 5.82 Å². The highest BCUT2D eigenvalue weighted by molar-refractivity contribution is 5.31. The number of rotatable bonds is 3. The minimum atomic E-state index is -0.176. The van der Waals surface area contributed by atoms with Crippen molar-refractivity contribution in [3.63, 3.8) is 0 Å². The summed E-state index contributed by atoms with van der Waals surface area (Å²) < 4.78 is 13.2. The van der Waals surface area contributed by atoms with Crippen LogP contribution < -0.4 is 6.15 Å². The summed E-state index contributed by atoms with van der Waals surface area (Å²) in [6.07, 6.45) is 4.50. The third kappa shape index (κ3) is 3.11. The predicted octanol–water partition coefficient (Wildman–Crippen LogP) is 3.92. The molecule has 17 heavy (non-hydrogen) atoms. The van der Waals surface area contributed by atoms with Crippen LogP contribution >= 0.6 is 0 Å². The van der Waals surface area contributed by atoms with E-state index in [0.717, 1.165) is 12.0 Å². The summed E-state index contributed by atoms with van der Waals surface area (Å²) in [5.74, 6) is 0.0729. The van der Waals surface area contributed by atoms with E-state index >= 15 is 0 Å². The number of hydrogen-bond acceptors (Lipinski definition) is 2. The molecule has 1 atom stereocenters. The molecule has 1 heterocycles. The molecular formula is C14H17FN2. The van der Waals surface area contributed by atoms with Crippen molar-refractivity contribution in [1.29, 1.82) is 0 Å². The fourth-order valence-electron chi connectivity index (χ4n) is 1.98. The van der Waals surface area contributed by atoms with E-state index in [1.807, 2.05) is 18.2 Å². The maximum atomic E-state index is 13.2. The topological polar surface area (TPSA) is 47.9 Å². The van der Waals surface area contributed by atoms with Gasteiger partial charge in [-0.2, -0.15) is 0 Å². The van der Waals surface area contributed by atoms with Crippen LogP contribution in [0.2, 0.25) is 0 Å². The highest BCUT2D eigenvalue weighted by Gasteiger charge is 2.11. The maximum absolute atomic E-state index is 13.2. The van der Waals surface area contributed by atoms with Crippen molar-refractivity contribution >= 4 is 0 Å². The zero-order valence-corrected chi connectivity index (χ0v) is 9.94. The average molecular weight is 232 g/mol. The number of halogens is 1. The van der Waals surface area contributed by atoms with Crippen LogP contribution in [-0.2, 0) is 0 Å². The molecule has 0 amide bonds. The first-order valence-electron chi connectivity index (χ1n) is 5.46. The van der Waals surface area contributed by atoms with Gasteiger partial charge < -0.3 is 6.15 Å². The van der Waals surface area contributed by atoms with E-state index in [4.69, 9.17) is 0 Å². The quantitative estimate of drug-likeness (QED) is 0.871. The molecule has 0 saturated heterocycles. The molecule has 2 nitrogen and oxygen atoms in total. The second-order valence-corrected chi connectivity index (χ2v) is 3.80. The van der Waals surface area contributed by atoms with Crippen molar-refractivity contribution in [3.05, 3.63) is 65.7 Å². The van der Waals surface area contributed by atoms with Crippen molar-refractivity contribution < 1.29 is 4.39 Å². The lowest BCUT2D eigenvalue weighted by molar-refractivity contribution is 0.622. The molecule has 2 aromatic rings. The van der Waals surface area contributed by atoms with E-state index in [-0.39, 0.29) is 17.9 Å². The van der Waals surface area contributed by atoms with Crippen LogP contribution in [0.15, 0.2) is 48.8 Å². The molecule has 3 heteroatoms. The van der Waals surface area contributed by atoms with Crippen LogP contribution in [0.25, 0.3) is 0 Å². The number of nitrogens with zero attached hydrogens (tertiary/aromatic N) is 1. The van der Waals surface area contributed by atoms with Crippen LogP contribution in [0.5, 0.6) is 0 Å². The molecule has 1 aromatic carbocycles. The van der Waals surface area contributed by atoms with Crippen molar-refractivity contribution in [3.8, 4) is 0 Å². The van der Waals surface area contributed by atoms with E-state index < -0.39 is 0 Å². The third-order valence-electron chi connectivity index (χ3n) is 2.77. The van der Waals surface area contributed by atoms with Crippen molar-refractivity contribution in [1.82, 2.24) is 11.1 Å². The molecule has 0 aliphatic heterocycles. The number of benzene rings is 1. The summed E-state index contributed by atoms with van der Waals surface area (Å²) in [7, 11) is 0. The van der Waals surface area contributed by atoms with Crippen molar-refractivity contribution in [2.75, 3.05) is 0 Å². The molecule has 0 saturated carbocycles. The number of pyridine rings is 1. The molecule has 0 aliphatic rings. The summed E-state index contributed by atoms with van der Waals surface area (Å²) in [6.45, 7) is 2.11. The molecule has 0 spiro atoms. The van der Waals surface area contributed by atoms with Gasteiger partial charge in [-0.15, -0.1) is 0 Å². The summed E-state index contributed by atoms with van der Waals surface area (Å²) in [4.78, 5) is 4.00. The molecule has 0 radical (unpaired) electrons. The van der Waals surface area contributed by atoms with E-state index in [2.05, 4.69) is 11.9 Å². The Morgan fingerprint density at radius 3 is 2.41 bits per heavy atom. The van der Waals surface area contributed by atoms with Crippen LogP contribution in [0.1, 0.15) is 30.4 Å². The van der Waals surface area contributed by atoms with E-state index in [1.54, 1.807) is 24.5 Å². The highest BCUT2D eigenvalue weighted by atomic mass is 19.1. The summed E-state index contributed by atoms with van der Waals surface area (Å²) >= 11 is 0. The van der Waals surface area contributed by atoms with Crippen molar-refractivity contribution in [2.24, 2.45) is 0 Å². The molecule has 1 unspecified atom stereocenters. The zero-order valence-electron chi connectivity index (χ0n) is 9.94. The lowest BCUT2D eigenvalue weighted by Gasteiger charge is -2.15. The van der Waals surface area contributed by atoms with Gasteiger partial charge in [-0.05, 0) is 41.8 Å². The molecule has 2 rings (SSSR count). The minimum absolute atomic E-state index is 0. The fourth-order valence-corrected chi connectivity index (χ4v) is 1.98. The zero-order chi connectivity index (χ0) is 11.4. The van der Waals surface area contributed by atoms with Gasteiger partial charge in [0, 0.05) is 18.3 Å². The van der Waals surface area contributed by atoms with Gasteiger partial charge in [0.25, 0.3) is 0 Å². The Morgan fingerprint density at radius 2 is 1.82 bits per heavy atom. The Labute approximate surface area is 101 Å². The summed E-state index contributed by atoms with van der Waals surface area (Å²) in [5, 5.41) is 0. The lowest BCUT2D eigenvalue weighted by Crippen LogP contribution is -2.00. The molecule has 0 aliphatic carbocycles. The van der Waals surface area contributed by atoms with Gasteiger partial charge in [-0.1, -0.05) is 19.1 Å². The Kier molecular flexibility index (Phi) is 4.79. The first kappa shape index (κ1) is 13.3. The third-order valence-corrected chi connectivity index (χ3v) is 2.77. The fraction of sp³-hybridized carbons (Fsp3) is 0.214. The SMILES string of the molecule is CCC(c1ccncc1)c1cccc(F)c1.N. The standard InChI is InChI=1S/C14H14FN.H3N/c1-2-14(11-6-8-16-9-7-11)12-4-3-5-13(15)10-12;/h3-10,14H,2H2,1H3;1H3. The van der Waals surface area contributed by atoms with E-state index in [1.165, 1.54) is 11.6 Å². The van der Waals surface area contributed by atoms with Gasteiger partial charge in [-0.25, -0.2) is 4.39 Å². The Balaban J connectivity index is 0.00000144. The van der Waals surface area contributed by atoms with Crippen LogP contribution in [0.3, 0.4) is 0 Å². The molecular weight excluding hydrogens is 215 g/mol. The second kappa shape index (κ2) is 6.11. The lowest BCUT2D eigenvalue weighted by atomic mass is 9.90. The smallest absolute Gasteiger partial charge is 0.123 e. The predicted molar refractivity (Wildman–Crippen MR) is 67.8 cm³/mol. The van der Waals surface area contributed by atoms with E-state index in [9.17, 15) is 4.39 Å². The van der Waals surface area contributed by atoms with Gasteiger partial charge in [0.05, 0.1) is 0 Å². The number of hydrogen-bond donors (Lipinski definition) is 1. The molecule has 1 aromatic heterocycles. The molecule has 0 fully saturated rings. The molecule has 3 N–H and O–H groups in total. The number of aromatic nitrogens is 1. The average Bonchev–Trinajstić information content (AvgIpc) is 2.31. The Hall–Kier alpha value is -1.74. The van der Waals surface area contributed by atoms with Gasteiger partial charge in [-0.3, -0.25) is 4.98 Å². The Bertz CT molecular complexity index is 457. The first-order valence-corrected chi connectivity index (χ1v) is 5.46. The van der Waals surface area contributed by atoms with E-state index in [0.29, 0.717) is 0 Å². The van der Waals surface area contributed by atoms with Crippen LogP contribution in [0.4, 0.5) is 4.39 Å². The maximum Gasteiger partial charge on any atom is 0.123 e. The van der Waals surface area contributed by atoms with Gasteiger partial charge >= 0.3 is 0 Å². The van der Waals surface area contributed by atoms with Crippen LogP contribution in [-0.4, -0.2) is 4.98 Å². The molecule has 0 bridgehead atoms. The first-order chi connectivity index (χ1) is 7.81. The highest BCUT2D eigenvalue weighted by Crippen LogP contribution is 2.27. The largest absolute Gasteiger partial charge is 0.344 e. The van der Waals surface area contributed by atoms with Gasteiger partial charge in [0.15, 0.2) is 0 Å². The van der Waals surface area contributed by atoms with Gasteiger partial charge in [0.2, 0.25) is 0 Å². The Morgan fingerprint density at radius 1 is 1.12 bits per heavy atom. The normalized spacial score (nSPS) is 11.6. The van der Waals surface area contributed by atoms with Crippen LogP contribution in [0, 0.1) is 5.82 Å². The monoisotopic (exact) mass is 232 g/mol. The summed E-state index contributed by atoms with van der Waals surface area (Å²) in [6, 6.07) is 10.8. The second-order valence-electron chi connectivity index (χ2n) is 3.80. The molecule has 90 valence electrons. The summed E-state index contributed by atoms with van der Waals surface area (Å²) in [5.41, 5.74) is 2.21.